The van der Waals surface area contributed by atoms with E-state index in [1.54, 1.807) is 11.9 Å². The van der Waals surface area contributed by atoms with Crippen LogP contribution in [0.25, 0.3) is 0 Å². The molecule has 0 aromatic heterocycles. The Kier molecular flexibility index (Phi) is 3.53. The van der Waals surface area contributed by atoms with Gasteiger partial charge in [-0.05, 0) is 25.0 Å². The fraction of sp³-hybridized carbons (Fsp3) is 0.412. The minimum atomic E-state index is -0.336. The van der Waals surface area contributed by atoms with E-state index in [0.717, 1.165) is 24.2 Å². The van der Waals surface area contributed by atoms with Crippen molar-refractivity contribution in [2.75, 3.05) is 25.0 Å². The first-order chi connectivity index (χ1) is 10.1. The fourth-order valence-electron chi connectivity index (χ4n) is 3.06. The molecular formula is C17H20N2O2. The second-order valence-corrected chi connectivity index (χ2v) is 5.85. The summed E-state index contributed by atoms with van der Waals surface area (Å²) < 4.78 is 0. The number of nitrogens with zero attached hydrogens (tertiary/aromatic N) is 2. The second kappa shape index (κ2) is 5.35. The van der Waals surface area contributed by atoms with E-state index in [0.29, 0.717) is 6.54 Å². The molecule has 110 valence electrons. The number of hydrogen-bond donors (Lipinski definition) is 0. The molecule has 1 atom stereocenters. The third-order valence-electron chi connectivity index (χ3n) is 4.47. The van der Waals surface area contributed by atoms with Crippen LogP contribution in [0.15, 0.2) is 35.9 Å². The lowest BCUT2D eigenvalue weighted by atomic mass is 9.88. The van der Waals surface area contributed by atoms with Crippen molar-refractivity contribution in [2.45, 2.75) is 25.7 Å². The van der Waals surface area contributed by atoms with Gasteiger partial charge in [0.1, 0.15) is 0 Å². The summed E-state index contributed by atoms with van der Waals surface area (Å²) in [6.45, 7) is 3.51. The van der Waals surface area contributed by atoms with Crippen LogP contribution in [-0.4, -0.2) is 36.9 Å². The lowest BCUT2D eigenvalue weighted by molar-refractivity contribution is -0.135. The van der Waals surface area contributed by atoms with Crippen molar-refractivity contribution in [1.29, 1.82) is 0 Å². The molecule has 0 radical (unpaired) electrons. The van der Waals surface area contributed by atoms with Gasteiger partial charge in [-0.25, -0.2) is 0 Å². The normalized spacial score (nSPS) is 21.9. The molecule has 0 fully saturated rings. The number of rotatable bonds is 1. The maximum Gasteiger partial charge on any atom is 0.231 e. The van der Waals surface area contributed by atoms with Crippen LogP contribution in [-0.2, 0) is 9.59 Å². The van der Waals surface area contributed by atoms with Crippen molar-refractivity contribution in [3.8, 4) is 0 Å². The van der Waals surface area contributed by atoms with E-state index in [4.69, 9.17) is 0 Å². The van der Waals surface area contributed by atoms with Gasteiger partial charge in [0, 0.05) is 32.2 Å². The van der Waals surface area contributed by atoms with Gasteiger partial charge in [0.25, 0.3) is 0 Å². The van der Waals surface area contributed by atoms with Gasteiger partial charge in [-0.15, -0.1) is 0 Å². The van der Waals surface area contributed by atoms with Crippen molar-refractivity contribution in [1.82, 2.24) is 4.90 Å². The molecule has 0 unspecified atom stereocenters. The highest BCUT2D eigenvalue weighted by Crippen LogP contribution is 2.36. The zero-order valence-electron chi connectivity index (χ0n) is 12.5. The van der Waals surface area contributed by atoms with Crippen molar-refractivity contribution in [3.63, 3.8) is 0 Å². The van der Waals surface area contributed by atoms with Gasteiger partial charge < -0.3 is 9.80 Å². The van der Waals surface area contributed by atoms with Crippen LogP contribution in [0.2, 0.25) is 0 Å². The Labute approximate surface area is 125 Å². The summed E-state index contributed by atoms with van der Waals surface area (Å²) >= 11 is 0. The van der Waals surface area contributed by atoms with Gasteiger partial charge in [0.15, 0.2) is 0 Å². The van der Waals surface area contributed by atoms with Gasteiger partial charge in [-0.1, -0.05) is 29.8 Å². The minimum Gasteiger partial charge on any atom is -0.338 e. The van der Waals surface area contributed by atoms with Crippen molar-refractivity contribution >= 4 is 17.5 Å². The van der Waals surface area contributed by atoms with Crippen LogP contribution in [0.4, 0.5) is 5.69 Å². The number of hydrogen-bond acceptors (Lipinski definition) is 2. The Morgan fingerprint density at radius 2 is 2.05 bits per heavy atom. The molecule has 0 saturated heterocycles. The summed E-state index contributed by atoms with van der Waals surface area (Å²) in [5.41, 5.74) is 3.16. The predicted molar refractivity (Wildman–Crippen MR) is 82.2 cm³/mol. The Balaban J connectivity index is 1.90. The second-order valence-electron chi connectivity index (χ2n) is 5.85. The van der Waals surface area contributed by atoms with Crippen molar-refractivity contribution in [2.24, 2.45) is 0 Å². The molecule has 1 aromatic rings. The lowest BCUT2D eigenvalue weighted by Crippen LogP contribution is -2.42. The molecule has 0 spiro atoms. The number of fused-ring (bicyclic) bond motifs is 1. The molecule has 0 N–H and O–H groups in total. The number of carbonyl (C=O) groups excluding carboxylic acids is 2. The topological polar surface area (TPSA) is 40.6 Å². The molecule has 0 aliphatic carbocycles. The molecule has 21 heavy (non-hydrogen) atoms. The van der Waals surface area contributed by atoms with E-state index in [-0.39, 0.29) is 24.2 Å². The number of anilines is 1. The number of para-hydroxylation sites is 1. The third-order valence-corrected chi connectivity index (χ3v) is 4.47. The minimum absolute atomic E-state index is 0.00998. The molecule has 2 aliphatic rings. The Bertz CT molecular complexity index is 621. The summed E-state index contributed by atoms with van der Waals surface area (Å²) in [4.78, 5) is 28.5. The first-order valence-electron chi connectivity index (χ1n) is 7.38. The van der Waals surface area contributed by atoms with Gasteiger partial charge >= 0.3 is 0 Å². The average Bonchev–Trinajstić information content (AvgIpc) is 2.51. The maximum atomic E-state index is 12.8. The van der Waals surface area contributed by atoms with Gasteiger partial charge in [-0.2, -0.15) is 0 Å². The van der Waals surface area contributed by atoms with E-state index in [9.17, 15) is 9.59 Å². The number of carbonyl (C=O) groups is 2. The lowest BCUT2D eigenvalue weighted by Gasteiger charge is -2.35. The third kappa shape index (κ3) is 2.46. The Morgan fingerprint density at radius 1 is 1.29 bits per heavy atom. The van der Waals surface area contributed by atoms with E-state index in [2.05, 4.69) is 13.0 Å². The maximum absolute atomic E-state index is 12.8. The summed E-state index contributed by atoms with van der Waals surface area (Å²) in [6, 6.07) is 7.71. The van der Waals surface area contributed by atoms with Crippen molar-refractivity contribution < 1.29 is 9.59 Å². The smallest absolute Gasteiger partial charge is 0.231 e. The van der Waals surface area contributed by atoms with Crippen molar-refractivity contribution in [3.05, 3.63) is 41.5 Å². The van der Waals surface area contributed by atoms with Gasteiger partial charge in [0.05, 0.1) is 5.92 Å². The standard InChI is InChI=1S/C17H20N2O2/c1-12-7-9-19(10-8-12)17(21)14-11-16(20)18(2)15-6-4-3-5-13(14)15/h3-7,14H,8-11H2,1-2H3/t14-/m0/s1. The molecule has 4 heteroatoms. The Morgan fingerprint density at radius 3 is 2.76 bits per heavy atom. The zero-order chi connectivity index (χ0) is 15.0. The molecule has 2 amide bonds. The quantitative estimate of drug-likeness (QED) is 0.743. The van der Waals surface area contributed by atoms with E-state index < -0.39 is 0 Å². The monoisotopic (exact) mass is 284 g/mol. The van der Waals surface area contributed by atoms with E-state index in [1.165, 1.54) is 5.57 Å². The largest absolute Gasteiger partial charge is 0.338 e. The average molecular weight is 284 g/mol. The van der Waals surface area contributed by atoms with E-state index >= 15 is 0 Å². The highest BCUT2D eigenvalue weighted by Gasteiger charge is 2.35. The molecule has 0 bridgehead atoms. The van der Waals surface area contributed by atoms with Crippen LogP contribution < -0.4 is 4.90 Å². The molecule has 3 rings (SSSR count). The molecule has 1 aromatic carbocycles. The molecule has 4 nitrogen and oxygen atoms in total. The summed E-state index contributed by atoms with van der Waals surface area (Å²) in [6.07, 6.45) is 3.30. The number of benzene rings is 1. The van der Waals surface area contributed by atoms with Crippen LogP contribution in [0.5, 0.6) is 0 Å². The van der Waals surface area contributed by atoms with Gasteiger partial charge in [0.2, 0.25) is 11.8 Å². The first-order valence-corrected chi connectivity index (χ1v) is 7.38. The first kappa shape index (κ1) is 13.9. The van der Waals surface area contributed by atoms with Crippen LogP contribution in [0, 0.1) is 0 Å². The highest BCUT2D eigenvalue weighted by molar-refractivity contribution is 6.02. The van der Waals surface area contributed by atoms with Crippen LogP contribution in [0.1, 0.15) is 31.2 Å². The summed E-state index contributed by atoms with van der Waals surface area (Å²) in [7, 11) is 1.77. The molecule has 2 aliphatic heterocycles. The molecule has 0 saturated carbocycles. The van der Waals surface area contributed by atoms with E-state index in [1.807, 2.05) is 29.2 Å². The molecule has 2 heterocycles. The summed E-state index contributed by atoms with van der Waals surface area (Å²) in [5, 5.41) is 0. The molecular weight excluding hydrogens is 264 g/mol. The SMILES string of the molecule is CC1=CCN(C(=O)[C@H]2CC(=O)N(C)c3ccccc32)CC1. The Hall–Kier alpha value is -2.10. The predicted octanol–water partition coefficient (Wildman–Crippen LogP) is 2.32. The van der Waals surface area contributed by atoms with Crippen LogP contribution >= 0.6 is 0 Å². The fourth-order valence-corrected chi connectivity index (χ4v) is 3.06. The summed E-state index contributed by atoms with van der Waals surface area (Å²) in [5.74, 6) is -0.250. The van der Waals surface area contributed by atoms with Crippen LogP contribution in [0.3, 0.4) is 0 Å². The van der Waals surface area contributed by atoms with Gasteiger partial charge in [-0.3, -0.25) is 9.59 Å². The number of amides is 2. The highest BCUT2D eigenvalue weighted by atomic mass is 16.2. The zero-order valence-corrected chi connectivity index (χ0v) is 12.5.